The number of methoxy groups -OCH3 is 1. The van der Waals surface area contributed by atoms with E-state index in [-0.39, 0.29) is 4.90 Å². The van der Waals surface area contributed by atoms with Crippen molar-refractivity contribution in [2.24, 2.45) is 5.10 Å². The number of benzene rings is 3. The summed E-state index contributed by atoms with van der Waals surface area (Å²) in [5, 5.41) is 3.93. The average molecular weight is 502 g/mol. The summed E-state index contributed by atoms with van der Waals surface area (Å²) in [7, 11) is -2.51. The molecule has 0 aliphatic heterocycles. The Bertz CT molecular complexity index is 1180. The molecule has 3 aromatic rings. The smallest absolute Gasteiger partial charge is 0.264 e. The maximum absolute atomic E-state index is 13.3. The van der Waals surface area contributed by atoms with E-state index >= 15 is 0 Å². The van der Waals surface area contributed by atoms with E-state index in [0.717, 1.165) is 14.3 Å². The molecular formula is C22H20BrN3O4S. The van der Waals surface area contributed by atoms with Crippen molar-refractivity contribution in [1.29, 1.82) is 0 Å². The second-order valence-corrected chi connectivity index (χ2v) is 9.15. The molecule has 0 saturated carbocycles. The molecule has 0 heterocycles. The van der Waals surface area contributed by atoms with E-state index in [1.54, 1.807) is 42.5 Å². The SMILES string of the molecule is COc1cccc(N(CC(=O)N/N=C\c2cccc(Br)c2)S(=O)(=O)c2ccccc2)c1. The molecule has 0 aliphatic rings. The van der Waals surface area contributed by atoms with E-state index in [4.69, 9.17) is 4.74 Å². The van der Waals surface area contributed by atoms with Gasteiger partial charge in [-0.3, -0.25) is 9.10 Å². The van der Waals surface area contributed by atoms with Crippen molar-refractivity contribution in [3.63, 3.8) is 0 Å². The molecule has 3 aromatic carbocycles. The van der Waals surface area contributed by atoms with Gasteiger partial charge in [0.2, 0.25) is 0 Å². The highest BCUT2D eigenvalue weighted by Gasteiger charge is 2.27. The quantitative estimate of drug-likeness (QED) is 0.375. The Labute approximate surface area is 189 Å². The van der Waals surface area contributed by atoms with Crippen molar-refractivity contribution in [2.75, 3.05) is 18.0 Å². The lowest BCUT2D eigenvalue weighted by atomic mass is 10.2. The molecule has 0 aromatic heterocycles. The third-order valence-electron chi connectivity index (χ3n) is 4.21. The molecule has 0 saturated heterocycles. The Balaban J connectivity index is 1.85. The van der Waals surface area contributed by atoms with Crippen LogP contribution >= 0.6 is 15.9 Å². The molecule has 0 atom stereocenters. The molecular weight excluding hydrogens is 482 g/mol. The fourth-order valence-corrected chi connectivity index (χ4v) is 4.58. The summed E-state index contributed by atoms with van der Waals surface area (Å²) in [5.74, 6) is -0.118. The number of sulfonamides is 1. The molecule has 9 heteroatoms. The Morgan fingerprint density at radius 1 is 1.06 bits per heavy atom. The van der Waals surface area contributed by atoms with Gasteiger partial charge in [0, 0.05) is 10.5 Å². The first-order chi connectivity index (χ1) is 14.9. The number of hydrogen-bond donors (Lipinski definition) is 1. The fraction of sp³-hybridized carbons (Fsp3) is 0.0909. The number of ether oxygens (including phenoxy) is 1. The third kappa shape index (κ3) is 5.93. The van der Waals surface area contributed by atoms with E-state index in [1.807, 2.05) is 24.3 Å². The number of nitrogens with zero attached hydrogens (tertiary/aromatic N) is 2. The van der Waals surface area contributed by atoms with Gasteiger partial charge in [-0.25, -0.2) is 13.8 Å². The Morgan fingerprint density at radius 3 is 2.52 bits per heavy atom. The maximum Gasteiger partial charge on any atom is 0.264 e. The summed E-state index contributed by atoms with van der Waals surface area (Å²) in [6.07, 6.45) is 1.48. The number of hydrazone groups is 1. The first-order valence-corrected chi connectivity index (χ1v) is 11.4. The molecule has 0 bridgehead atoms. The summed E-state index contributed by atoms with van der Waals surface area (Å²) in [6, 6.07) is 21.8. The van der Waals surface area contributed by atoms with Crippen LogP contribution in [0.4, 0.5) is 5.69 Å². The standard InChI is InChI=1S/C22H20BrN3O4S/c1-30-20-10-6-9-19(14-20)26(31(28,29)21-11-3-2-4-12-21)16-22(27)25-24-15-17-7-5-8-18(23)13-17/h2-15H,16H2,1H3,(H,25,27)/b24-15-. The van der Waals surface area contributed by atoms with Crippen LogP contribution in [0.25, 0.3) is 0 Å². The lowest BCUT2D eigenvalue weighted by Gasteiger charge is -2.24. The second kappa shape index (κ2) is 10.2. The van der Waals surface area contributed by atoms with Gasteiger partial charge in [0.1, 0.15) is 12.3 Å². The number of nitrogens with one attached hydrogen (secondary N) is 1. The fourth-order valence-electron chi connectivity index (χ4n) is 2.73. The van der Waals surface area contributed by atoms with Crippen LogP contribution in [-0.4, -0.2) is 34.2 Å². The van der Waals surface area contributed by atoms with Crippen LogP contribution in [0.5, 0.6) is 5.75 Å². The second-order valence-electron chi connectivity index (χ2n) is 6.37. The van der Waals surface area contributed by atoms with Gasteiger partial charge in [-0.15, -0.1) is 0 Å². The number of rotatable bonds is 8. The van der Waals surface area contributed by atoms with E-state index < -0.39 is 22.5 Å². The first kappa shape index (κ1) is 22.5. The highest BCUT2D eigenvalue weighted by Crippen LogP contribution is 2.26. The highest BCUT2D eigenvalue weighted by molar-refractivity contribution is 9.10. The number of halogens is 1. The Kier molecular flexibility index (Phi) is 7.43. The summed E-state index contributed by atoms with van der Waals surface area (Å²) >= 11 is 3.36. The monoisotopic (exact) mass is 501 g/mol. The van der Waals surface area contributed by atoms with Gasteiger partial charge in [-0.05, 0) is 42.0 Å². The normalized spacial score (nSPS) is 11.3. The van der Waals surface area contributed by atoms with Crippen molar-refractivity contribution in [3.8, 4) is 5.75 Å². The topological polar surface area (TPSA) is 88.1 Å². The summed E-state index contributed by atoms with van der Waals surface area (Å²) in [6.45, 7) is -0.458. The molecule has 0 fully saturated rings. The van der Waals surface area contributed by atoms with Gasteiger partial charge < -0.3 is 4.74 Å². The van der Waals surface area contributed by atoms with Crippen molar-refractivity contribution in [1.82, 2.24) is 5.43 Å². The van der Waals surface area contributed by atoms with Crippen LogP contribution in [0.1, 0.15) is 5.56 Å². The molecule has 1 amide bonds. The van der Waals surface area contributed by atoms with Crippen LogP contribution in [0, 0.1) is 0 Å². The van der Waals surface area contributed by atoms with Crippen LogP contribution in [0.3, 0.4) is 0 Å². The predicted octanol–water partition coefficient (Wildman–Crippen LogP) is 3.80. The van der Waals surface area contributed by atoms with Gasteiger partial charge in [0.25, 0.3) is 15.9 Å². The van der Waals surface area contributed by atoms with Crippen LogP contribution in [0.2, 0.25) is 0 Å². The number of hydrogen-bond acceptors (Lipinski definition) is 5. The van der Waals surface area contributed by atoms with Gasteiger partial charge in [-0.2, -0.15) is 5.10 Å². The zero-order valence-corrected chi connectivity index (χ0v) is 19.0. The predicted molar refractivity (Wildman–Crippen MR) is 124 cm³/mol. The lowest BCUT2D eigenvalue weighted by molar-refractivity contribution is -0.119. The van der Waals surface area contributed by atoms with Gasteiger partial charge in [-0.1, -0.05) is 52.3 Å². The number of carbonyl (C=O) groups is 1. The van der Waals surface area contributed by atoms with Gasteiger partial charge in [0.15, 0.2) is 0 Å². The van der Waals surface area contributed by atoms with Gasteiger partial charge in [0.05, 0.1) is 23.9 Å². The zero-order chi connectivity index (χ0) is 22.3. The molecule has 31 heavy (non-hydrogen) atoms. The van der Waals surface area contributed by atoms with Crippen LogP contribution in [0.15, 0.2) is 93.3 Å². The molecule has 0 unspecified atom stereocenters. The molecule has 3 rings (SSSR count). The zero-order valence-electron chi connectivity index (χ0n) is 16.6. The molecule has 7 nitrogen and oxygen atoms in total. The average Bonchev–Trinajstić information content (AvgIpc) is 2.78. The largest absolute Gasteiger partial charge is 0.497 e. The minimum Gasteiger partial charge on any atom is -0.497 e. The molecule has 160 valence electrons. The van der Waals surface area contributed by atoms with E-state index in [9.17, 15) is 13.2 Å². The van der Waals surface area contributed by atoms with Crippen molar-refractivity contribution >= 4 is 43.8 Å². The first-order valence-electron chi connectivity index (χ1n) is 9.19. The third-order valence-corrected chi connectivity index (χ3v) is 6.49. The summed E-state index contributed by atoms with van der Waals surface area (Å²) in [4.78, 5) is 12.6. The van der Waals surface area contributed by atoms with E-state index in [0.29, 0.717) is 11.4 Å². The summed E-state index contributed by atoms with van der Waals surface area (Å²) < 4.78 is 33.6. The van der Waals surface area contributed by atoms with Gasteiger partial charge >= 0.3 is 0 Å². The lowest BCUT2D eigenvalue weighted by Crippen LogP contribution is -2.39. The number of carbonyl (C=O) groups excluding carboxylic acids is 1. The van der Waals surface area contributed by atoms with Crippen molar-refractivity contribution in [2.45, 2.75) is 4.90 Å². The molecule has 0 aliphatic carbocycles. The summed E-state index contributed by atoms with van der Waals surface area (Å²) in [5.41, 5.74) is 3.46. The maximum atomic E-state index is 13.3. The van der Waals surface area contributed by atoms with E-state index in [2.05, 4.69) is 26.5 Å². The Hall–Kier alpha value is -3.17. The van der Waals surface area contributed by atoms with Crippen molar-refractivity contribution in [3.05, 3.63) is 88.9 Å². The number of anilines is 1. The minimum absolute atomic E-state index is 0.0725. The van der Waals surface area contributed by atoms with Crippen LogP contribution in [-0.2, 0) is 14.8 Å². The van der Waals surface area contributed by atoms with Crippen molar-refractivity contribution < 1.29 is 17.9 Å². The molecule has 1 N–H and O–H groups in total. The minimum atomic E-state index is -4.00. The number of amides is 1. The van der Waals surface area contributed by atoms with E-state index in [1.165, 1.54) is 25.5 Å². The molecule has 0 radical (unpaired) electrons. The Morgan fingerprint density at radius 2 is 1.81 bits per heavy atom. The van der Waals surface area contributed by atoms with Crippen LogP contribution < -0.4 is 14.5 Å². The molecule has 0 spiro atoms. The highest BCUT2D eigenvalue weighted by atomic mass is 79.9.